The quantitative estimate of drug-likeness (QED) is 0.600. The maximum Gasteiger partial charge on any atom is -0.0321 e. The standard InChI is InChI=1S/C13H26/c1-10(2)12(3,4)9-13(5,6)11-7-8-11/h10-11H,7-9H2,1-6H3. The van der Waals surface area contributed by atoms with E-state index < -0.39 is 0 Å². The Balaban J connectivity index is 2.55. The molecule has 78 valence electrons. The highest BCUT2D eigenvalue weighted by Gasteiger charge is 2.41. The zero-order valence-corrected chi connectivity index (χ0v) is 10.3. The van der Waals surface area contributed by atoms with Gasteiger partial charge in [-0.2, -0.15) is 0 Å². The van der Waals surface area contributed by atoms with E-state index in [1.54, 1.807) is 0 Å². The van der Waals surface area contributed by atoms with Crippen LogP contribution in [0.3, 0.4) is 0 Å². The summed E-state index contributed by atoms with van der Waals surface area (Å²) in [5, 5.41) is 0. The minimum absolute atomic E-state index is 0.506. The topological polar surface area (TPSA) is 0 Å². The van der Waals surface area contributed by atoms with E-state index in [2.05, 4.69) is 41.5 Å². The molecule has 1 rings (SSSR count). The minimum Gasteiger partial charge on any atom is -0.0623 e. The van der Waals surface area contributed by atoms with Crippen LogP contribution in [0, 0.1) is 22.7 Å². The molecule has 0 atom stereocenters. The van der Waals surface area contributed by atoms with Crippen LogP contribution < -0.4 is 0 Å². The highest BCUT2D eigenvalue weighted by Crippen LogP contribution is 2.52. The van der Waals surface area contributed by atoms with Crippen molar-refractivity contribution < 1.29 is 0 Å². The van der Waals surface area contributed by atoms with Gasteiger partial charge in [-0.25, -0.2) is 0 Å². The average Bonchev–Trinajstić information content (AvgIpc) is 2.63. The normalized spacial score (nSPS) is 19.6. The smallest absolute Gasteiger partial charge is 0.0321 e. The molecule has 0 heterocycles. The van der Waals surface area contributed by atoms with Gasteiger partial charge in [-0.3, -0.25) is 0 Å². The van der Waals surface area contributed by atoms with Crippen molar-refractivity contribution in [2.75, 3.05) is 0 Å². The molecule has 1 saturated carbocycles. The molecule has 0 aromatic carbocycles. The van der Waals surface area contributed by atoms with E-state index >= 15 is 0 Å². The molecule has 0 saturated heterocycles. The molecule has 0 aromatic heterocycles. The zero-order valence-electron chi connectivity index (χ0n) is 10.3. The Kier molecular flexibility index (Phi) is 2.81. The Morgan fingerprint density at radius 1 is 1.08 bits per heavy atom. The first-order valence-corrected chi connectivity index (χ1v) is 5.76. The van der Waals surface area contributed by atoms with Crippen molar-refractivity contribution in [2.24, 2.45) is 22.7 Å². The monoisotopic (exact) mass is 182 g/mol. The summed E-state index contributed by atoms with van der Waals surface area (Å²) in [7, 11) is 0. The number of rotatable bonds is 4. The van der Waals surface area contributed by atoms with Gasteiger partial charge in [-0.1, -0.05) is 41.5 Å². The third-order valence-corrected chi connectivity index (χ3v) is 4.16. The predicted octanol–water partition coefficient (Wildman–Crippen LogP) is 4.49. The van der Waals surface area contributed by atoms with E-state index in [1.807, 2.05) is 0 Å². The summed E-state index contributed by atoms with van der Waals surface area (Å²) in [6.07, 6.45) is 4.32. The summed E-state index contributed by atoms with van der Waals surface area (Å²) in [4.78, 5) is 0. The molecule has 0 unspecified atom stereocenters. The van der Waals surface area contributed by atoms with Gasteiger partial charge >= 0.3 is 0 Å². The van der Waals surface area contributed by atoms with Crippen molar-refractivity contribution in [3.8, 4) is 0 Å². The van der Waals surface area contributed by atoms with Gasteiger partial charge in [0.25, 0.3) is 0 Å². The molecule has 0 heteroatoms. The van der Waals surface area contributed by atoms with E-state index in [9.17, 15) is 0 Å². The summed E-state index contributed by atoms with van der Waals surface area (Å²) >= 11 is 0. The Labute approximate surface area is 84.1 Å². The number of hydrogen-bond donors (Lipinski definition) is 0. The Morgan fingerprint density at radius 3 is 1.85 bits per heavy atom. The first-order valence-electron chi connectivity index (χ1n) is 5.76. The summed E-state index contributed by atoms with van der Waals surface area (Å²) in [6, 6.07) is 0. The highest BCUT2D eigenvalue weighted by atomic mass is 14.5. The van der Waals surface area contributed by atoms with Crippen molar-refractivity contribution in [1.29, 1.82) is 0 Å². The molecule has 0 aliphatic heterocycles. The van der Waals surface area contributed by atoms with Crippen LogP contribution in [-0.4, -0.2) is 0 Å². The van der Waals surface area contributed by atoms with Gasteiger partial charge in [-0.05, 0) is 41.9 Å². The predicted molar refractivity (Wildman–Crippen MR) is 59.7 cm³/mol. The van der Waals surface area contributed by atoms with Crippen LogP contribution >= 0.6 is 0 Å². The van der Waals surface area contributed by atoms with Gasteiger partial charge in [0.05, 0.1) is 0 Å². The van der Waals surface area contributed by atoms with Gasteiger partial charge in [0.2, 0.25) is 0 Å². The molecule has 1 aliphatic carbocycles. The second kappa shape index (κ2) is 3.29. The van der Waals surface area contributed by atoms with Gasteiger partial charge in [0.15, 0.2) is 0 Å². The summed E-state index contributed by atoms with van der Waals surface area (Å²) in [6.45, 7) is 14.4. The van der Waals surface area contributed by atoms with E-state index in [1.165, 1.54) is 19.3 Å². The largest absolute Gasteiger partial charge is 0.0623 e. The fourth-order valence-electron chi connectivity index (χ4n) is 2.39. The fraction of sp³-hybridized carbons (Fsp3) is 1.00. The van der Waals surface area contributed by atoms with Crippen molar-refractivity contribution in [3.05, 3.63) is 0 Å². The molecule has 1 fully saturated rings. The molecule has 13 heavy (non-hydrogen) atoms. The van der Waals surface area contributed by atoms with Crippen molar-refractivity contribution in [3.63, 3.8) is 0 Å². The van der Waals surface area contributed by atoms with Gasteiger partial charge in [0, 0.05) is 0 Å². The molecule has 0 aromatic rings. The van der Waals surface area contributed by atoms with Crippen LogP contribution in [0.1, 0.15) is 60.8 Å². The van der Waals surface area contributed by atoms with Crippen LogP contribution in [0.4, 0.5) is 0 Å². The molecular weight excluding hydrogens is 156 g/mol. The third-order valence-electron chi connectivity index (χ3n) is 4.16. The molecule has 0 N–H and O–H groups in total. The zero-order chi connectivity index (χ0) is 10.3. The van der Waals surface area contributed by atoms with Crippen LogP contribution in [-0.2, 0) is 0 Å². The molecule has 0 radical (unpaired) electrons. The Hall–Kier alpha value is 0. The molecule has 0 bridgehead atoms. The maximum absolute atomic E-state index is 2.45. The molecular formula is C13H26. The second-order valence-electron chi connectivity index (χ2n) is 6.58. The molecule has 0 amide bonds. The summed E-state index contributed by atoms with van der Waals surface area (Å²) < 4.78 is 0. The molecule has 0 nitrogen and oxygen atoms in total. The first-order chi connectivity index (χ1) is 5.76. The van der Waals surface area contributed by atoms with Crippen LogP contribution in [0.15, 0.2) is 0 Å². The van der Waals surface area contributed by atoms with Crippen LogP contribution in [0.2, 0.25) is 0 Å². The van der Waals surface area contributed by atoms with E-state index in [0.717, 1.165) is 11.8 Å². The fourth-order valence-corrected chi connectivity index (χ4v) is 2.39. The van der Waals surface area contributed by atoms with Gasteiger partial charge < -0.3 is 0 Å². The first kappa shape index (κ1) is 11.1. The van der Waals surface area contributed by atoms with E-state index in [-0.39, 0.29) is 0 Å². The Bertz CT molecular complexity index is 158. The van der Waals surface area contributed by atoms with Crippen molar-refractivity contribution in [1.82, 2.24) is 0 Å². The lowest BCUT2D eigenvalue weighted by Crippen LogP contribution is -2.28. The minimum atomic E-state index is 0.506. The van der Waals surface area contributed by atoms with Crippen molar-refractivity contribution >= 4 is 0 Å². The van der Waals surface area contributed by atoms with Crippen molar-refractivity contribution in [2.45, 2.75) is 60.8 Å². The SMILES string of the molecule is CC(C)C(C)(C)CC(C)(C)C1CC1. The van der Waals surface area contributed by atoms with E-state index in [0.29, 0.717) is 10.8 Å². The average molecular weight is 182 g/mol. The number of hydrogen-bond acceptors (Lipinski definition) is 0. The van der Waals surface area contributed by atoms with E-state index in [4.69, 9.17) is 0 Å². The van der Waals surface area contributed by atoms with Crippen LogP contribution in [0.25, 0.3) is 0 Å². The lowest BCUT2D eigenvalue weighted by Gasteiger charge is -2.38. The maximum atomic E-state index is 2.45. The Morgan fingerprint density at radius 2 is 1.54 bits per heavy atom. The summed E-state index contributed by atoms with van der Waals surface area (Å²) in [5.41, 5.74) is 1.08. The second-order valence-corrected chi connectivity index (χ2v) is 6.58. The van der Waals surface area contributed by atoms with Crippen LogP contribution in [0.5, 0.6) is 0 Å². The lowest BCUT2D eigenvalue weighted by atomic mass is 9.67. The molecule has 0 spiro atoms. The summed E-state index contributed by atoms with van der Waals surface area (Å²) in [5.74, 6) is 1.82. The molecule has 1 aliphatic rings. The van der Waals surface area contributed by atoms with Gasteiger partial charge in [0.1, 0.15) is 0 Å². The van der Waals surface area contributed by atoms with Gasteiger partial charge in [-0.15, -0.1) is 0 Å². The highest BCUT2D eigenvalue weighted by molar-refractivity contribution is 4.92. The third kappa shape index (κ3) is 2.72. The lowest BCUT2D eigenvalue weighted by molar-refractivity contribution is 0.122.